The Morgan fingerprint density at radius 3 is 1.82 bits per heavy atom. The van der Waals surface area contributed by atoms with E-state index in [0.29, 0.717) is 11.5 Å². The molecule has 0 aliphatic carbocycles. The molecule has 3 aliphatic heterocycles. The minimum absolute atomic E-state index is 0.0603. The van der Waals surface area contributed by atoms with E-state index in [1.54, 1.807) is 99.0 Å². The average molecular weight is 819 g/mol. The number of rotatable bonds is 13. The normalized spacial score (nSPS) is 28.8. The van der Waals surface area contributed by atoms with Gasteiger partial charge in [0.05, 0.1) is 37.6 Å². The molecule has 0 aromatic heterocycles. The van der Waals surface area contributed by atoms with Gasteiger partial charge in [-0.05, 0) is 61.0 Å². The number of hydrogen-bond acceptors (Lipinski definition) is 13. The fourth-order valence-corrected chi connectivity index (χ4v) is 7.39. The molecule has 312 valence electrons. The van der Waals surface area contributed by atoms with Crippen LogP contribution in [-0.4, -0.2) is 92.2 Å². The van der Waals surface area contributed by atoms with Crippen molar-refractivity contribution >= 4 is 11.9 Å². The van der Waals surface area contributed by atoms with Crippen LogP contribution in [0.25, 0.3) is 0 Å². The van der Waals surface area contributed by atoms with Gasteiger partial charge < -0.3 is 52.5 Å². The van der Waals surface area contributed by atoms with Crippen molar-refractivity contribution < 1.29 is 62.1 Å². The minimum atomic E-state index is -1.40. The van der Waals surface area contributed by atoms with E-state index in [0.717, 1.165) is 11.1 Å². The van der Waals surface area contributed by atoms with Gasteiger partial charge in [0.2, 0.25) is 12.4 Å². The summed E-state index contributed by atoms with van der Waals surface area (Å²) >= 11 is 0. The van der Waals surface area contributed by atoms with Crippen LogP contribution < -0.4 is 9.47 Å². The molecule has 0 radical (unpaired) electrons. The van der Waals surface area contributed by atoms with Crippen LogP contribution in [0.3, 0.4) is 0 Å². The number of ether oxygens (including phenoxy) is 10. The van der Waals surface area contributed by atoms with Crippen LogP contribution in [0.15, 0.2) is 146 Å². The number of esters is 2. The largest absolute Gasteiger partial charge is 0.497 e. The Morgan fingerprint density at radius 1 is 0.633 bits per heavy atom. The summed E-state index contributed by atoms with van der Waals surface area (Å²) in [6, 6.07) is 42.4. The minimum Gasteiger partial charge on any atom is -0.497 e. The molecular weight excluding hydrogens is 773 g/mol. The molecule has 0 amide bonds. The van der Waals surface area contributed by atoms with E-state index in [2.05, 4.69) is 0 Å². The summed E-state index contributed by atoms with van der Waals surface area (Å²) in [5.74, 6) is -0.468. The van der Waals surface area contributed by atoms with Gasteiger partial charge >= 0.3 is 11.9 Å². The van der Waals surface area contributed by atoms with Crippen LogP contribution in [0.2, 0.25) is 0 Å². The number of fused-ring (bicyclic) bond motifs is 1. The summed E-state index contributed by atoms with van der Waals surface area (Å²) in [7, 11) is 1.55. The van der Waals surface area contributed by atoms with Gasteiger partial charge in [-0.3, -0.25) is 0 Å². The Balaban J connectivity index is 1.13. The lowest BCUT2D eigenvalue weighted by atomic mass is 9.96. The number of carbonyl (C=O) groups excluding carboxylic acids is 2. The highest BCUT2D eigenvalue weighted by Gasteiger charge is 2.56. The molecule has 3 heterocycles. The molecule has 5 aromatic carbocycles. The summed E-state index contributed by atoms with van der Waals surface area (Å²) in [5.41, 5.74) is 2.12. The van der Waals surface area contributed by atoms with E-state index >= 15 is 0 Å². The lowest BCUT2D eigenvalue weighted by molar-refractivity contribution is -0.385. The number of hydrogen-bond donors (Lipinski definition) is 1. The molecule has 5 aromatic rings. The van der Waals surface area contributed by atoms with Crippen LogP contribution in [0.4, 0.5) is 0 Å². The smallest absolute Gasteiger partial charge is 0.338 e. The predicted octanol–water partition coefficient (Wildman–Crippen LogP) is 6.44. The Morgan fingerprint density at radius 2 is 1.20 bits per heavy atom. The predicted molar refractivity (Wildman–Crippen MR) is 214 cm³/mol. The third kappa shape index (κ3) is 9.53. The van der Waals surface area contributed by atoms with Crippen molar-refractivity contribution in [3.8, 4) is 11.5 Å². The topological polar surface area (TPSA) is 147 Å². The first-order valence-corrected chi connectivity index (χ1v) is 19.8. The first-order valence-electron chi connectivity index (χ1n) is 19.8. The number of methoxy groups -OCH3 is 1. The van der Waals surface area contributed by atoms with E-state index in [-0.39, 0.29) is 24.3 Å². The van der Waals surface area contributed by atoms with Gasteiger partial charge in [-0.25, -0.2) is 9.59 Å². The van der Waals surface area contributed by atoms with Crippen molar-refractivity contribution in [2.24, 2.45) is 0 Å². The quantitative estimate of drug-likeness (QED) is 0.130. The maximum Gasteiger partial charge on any atom is 0.338 e. The molecule has 11 atom stereocenters. The van der Waals surface area contributed by atoms with Crippen LogP contribution in [0.1, 0.15) is 45.1 Å². The Kier molecular flexibility index (Phi) is 13.1. The second-order valence-corrected chi connectivity index (χ2v) is 14.5. The Labute approximate surface area is 347 Å². The average Bonchev–Trinajstić information content (AvgIpc) is 3.30. The zero-order valence-corrected chi connectivity index (χ0v) is 33.0. The van der Waals surface area contributed by atoms with E-state index in [1.807, 2.05) is 60.7 Å². The fourth-order valence-electron chi connectivity index (χ4n) is 7.39. The van der Waals surface area contributed by atoms with E-state index in [1.165, 1.54) is 0 Å². The highest BCUT2D eigenvalue weighted by Crippen LogP contribution is 2.39. The van der Waals surface area contributed by atoms with Gasteiger partial charge in [0.1, 0.15) is 42.0 Å². The van der Waals surface area contributed by atoms with Crippen LogP contribution in [-0.2, 0) is 44.5 Å². The zero-order chi connectivity index (χ0) is 41.4. The monoisotopic (exact) mass is 818 g/mol. The SMILES string of the molecule is COc1ccc(O[C@@H]2O[C@@H](C)[C@H](O[C@@H]3O[C@@H]4CO[C@@H](c5ccccc5)O[C@H]4[C@H](O)[C@@H]3OCc3ccccc3)[C@@H](OC(=O)c3ccccc3)[C@H]2OC(=O)c2ccccc2)cc1. The molecule has 3 fully saturated rings. The molecule has 13 heteroatoms. The first kappa shape index (κ1) is 41.1. The van der Waals surface area contributed by atoms with Crippen LogP contribution in [0, 0.1) is 0 Å². The second-order valence-electron chi connectivity index (χ2n) is 14.5. The van der Waals surface area contributed by atoms with Crippen molar-refractivity contribution in [2.75, 3.05) is 13.7 Å². The van der Waals surface area contributed by atoms with Crippen molar-refractivity contribution in [1.29, 1.82) is 0 Å². The van der Waals surface area contributed by atoms with Gasteiger partial charge in [0.25, 0.3) is 0 Å². The van der Waals surface area contributed by atoms with Crippen molar-refractivity contribution in [3.63, 3.8) is 0 Å². The number of benzene rings is 5. The third-order valence-electron chi connectivity index (χ3n) is 10.5. The molecule has 3 aliphatic rings. The third-order valence-corrected chi connectivity index (χ3v) is 10.5. The van der Waals surface area contributed by atoms with Gasteiger partial charge in [0, 0.05) is 5.56 Å². The van der Waals surface area contributed by atoms with E-state index in [9.17, 15) is 14.7 Å². The van der Waals surface area contributed by atoms with E-state index < -0.39 is 79.6 Å². The van der Waals surface area contributed by atoms with Crippen molar-refractivity contribution in [1.82, 2.24) is 0 Å². The standard InChI is InChI=1S/C47H46O13/c1-29-38(59-46-40(52-27-30-15-7-3-8-16-30)37(48)39-36(56-46)28-53-45(60-39)33-21-13-6-14-22-33)41(57-43(49)31-17-9-4-10-18-31)42(58-44(50)32-19-11-5-12-20-32)47(54-29)55-35-25-23-34(51-2)24-26-35/h3-26,29,36-42,45-48H,27-28H2,1-2H3/t29-,36+,37-,38-,39+,40-,41+,42+,45+,46-,47-/m0/s1. The van der Waals surface area contributed by atoms with Gasteiger partial charge in [-0.2, -0.15) is 0 Å². The number of aliphatic hydroxyl groups is 1. The summed E-state index contributed by atoms with van der Waals surface area (Å²) in [4.78, 5) is 27.8. The summed E-state index contributed by atoms with van der Waals surface area (Å²) in [6.45, 7) is 1.87. The van der Waals surface area contributed by atoms with Gasteiger partial charge in [0.15, 0.2) is 18.7 Å². The molecule has 0 spiro atoms. The lowest BCUT2D eigenvalue weighted by Gasteiger charge is -2.50. The highest BCUT2D eigenvalue weighted by molar-refractivity contribution is 5.90. The Bertz CT molecular complexity index is 2120. The first-order chi connectivity index (χ1) is 29.3. The van der Waals surface area contributed by atoms with Crippen molar-refractivity contribution in [3.05, 3.63) is 168 Å². The van der Waals surface area contributed by atoms with E-state index in [4.69, 9.17) is 47.4 Å². The molecule has 13 nitrogen and oxygen atoms in total. The molecule has 0 bridgehead atoms. The van der Waals surface area contributed by atoms with Gasteiger partial charge in [-0.1, -0.05) is 97.1 Å². The molecule has 8 rings (SSSR count). The second kappa shape index (κ2) is 19.2. The van der Waals surface area contributed by atoms with Crippen LogP contribution >= 0.6 is 0 Å². The zero-order valence-electron chi connectivity index (χ0n) is 33.0. The Hall–Kier alpha value is -5.64. The summed E-state index contributed by atoms with van der Waals surface area (Å²) in [6.07, 6.45) is -12.2. The van der Waals surface area contributed by atoms with Crippen LogP contribution in [0.5, 0.6) is 11.5 Å². The number of carbonyl (C=O) groups is 2. The number of aliphatic hydroxyl groups excluding tert-OH is 1. The maximum absolute atomic E-state index is 14.0. The molecule has 0 saturated carbocycles. The van der Waals surface area contributed by atoms with Crippen molar-refractivity contribution in [2.45, 2.75) is 81.2 Å². The molecule has 1 N–H and O–H groups in total. The molecular formula is C47H46O13. The molecule has 60 heavy (non-hydrogen) atoms. The van der Waals surface area contributed by atoms with Gasteiger partial charge in [-0.15, -0.1) is 0 Å². The molecule has 3 saturated heterocycles. The molecule has 0 unspecified atom stereocenters. The lowest BCUT2D eigenvalue weighted by Crippen LogP contribution is -2.66. The maximum atomic E-state index is 14.0. The summed E-state index contributed by atoms with van der Waals surface area (Å²) in [5, 5.41) is 12.1. The highest BCUT2D eigenvalue weighted by atomic mass is 16.8. The fraction of sp³-hybridized carbons (Fsp3) is 0.319. The summed E-state index contributed by atoms with van der Waals surface area (Å²) < 4.78 is 62.8.